The number of aromatic nitrogens is 2. The Morgan fingerprint density at radius 1 is 1.22 bits per heavy atom. The predicted octanol–water partition coefficient (Wildman–Crippen LogP) is 3.01. The van der Waals surface area contributed by atoms with Crippen LogP contribution in [0.3, 0.4) is 0 Å². The molecule has 8 nitrogen and oxygen atoms in total. The van der Waals surface area contributed by atoms with E-state index in [9.17, 15) is 22.0 Å². The summed E-state index contributed by atoms with van der Waals surface area (Å²) in [4.78, 5) is 19.3. The summed E-state index contributed by atoms with van der Waals surface area (Å²) in [7, 11) is -2.55. The molecule has 1 aliphatic heterocycles. The molecule has 0 spiro atoms. The van der Waals surface area contributed by atoms with E-state index in [0.717, 1.165) is 18.2 Å². The van der Waals surface area contributed by atoms with Gasteiger partial charge in [-0.1, -0.05) is 0 Å². The lowest BCUT2D eigenvalue weighted by Gasteiger charge is -2.26. The quantitative estimate of drug-likeness (QED) is 0.604. The van der Waals surface area contributed by atoms with Crippen molar-refractivity contribution >= 4 is 33.0 Å². The molecule has 3 heterocycles. The van der Waals surface area contributed by atoms with Crippen molar-refractivity contribution in [3.05, 3.63) is 52.7 Å². The van der Waals surface area contributed by atoms with Crippen LogP contribution in [0.4, 0.5) is 14.5 Å². The third-order valence-corrected chi connectivity index (χ3v) is 7.47. The Morgan fingerprint density at radius 2 is 1.94 bits per heavy atom. The van der Waals surface area contributed by atoms with Gasteiger partial charge in [-0.2, -0.15) is 0 Å². The molecule has 0 radical (unpaired) electrons. The zero-order chi connectivity index (χ0) is 23.0. The highest BCUT2D eigenvalue weighted by atomic mass is 32.2. The molecule has 170 valence electrons. The molecule has 0 aliphatic carbocycles. The molecule has 0 unspecified atom stereocenters. The van der Waals surface area contributed by atoms with Gasteiger partial charge in [-0.25, -0.2) is 22.2 Å². The SMILES string of the molecule is Cc1nc(-c2cc(S(=O)(=O)Nc3cc(F)ccc3F)cn2C)sc1C(=O)N1CCOCC1. The van der Waals surface area contributed by atoms with Gasteiger partial charge in [0.2, 0.25) is 0 Å². The Balaban J connectivity index is 1.62. The zero-order valence-corrected chi connectivity index (χ0v) is 18.9. The van der Waals surface area contributed by atoms with Gasteiger partial charge in [-0.05, 0) is 25.1 Å². The maximum atomic E-state index is 13.9. The maximum absolute atomic E-state index is 13.9. The fourth-order valence-corrected chi connectivity index (χ4v) is 5.51. The molecule has 1 aliphatic rings. The number of sulfonamides is 1. The number of ether oxygens (including phenoxy) is 1. The van der Waals surface area contributed by atoms with Crippen LogP contribution < -0.4 is 4.72 Å². The molecule has 12 heteroatoms. The zero-order valence-electron chi connectivity index (χ0n) is 17.3. The van der Waals surface area contributed by atoms with Crippen LogP contribution in [0.5, 0.6) is 0 Å². The van der Waals surface area contributed by atoms with E-state index < -0.39 is 27.3 Å². The van der Waals surface area contributed by atoms with Crippen molar-refractivity contribution in [3.63, 3.8) is 0 Å². The van der Waals surface area contributed by atoms with Crippen LogP contribution in [-0.2, 0) is 21.8 Å². The fourth-order valence-electron chi connectivity index (χ4n) is 3.29. The van der Waals surface area contributed by atoms with E-state index in [1.54, 1.807) is 23.4 Å². The number of aryl methyl sites for hydroxylation is 2. The van der Waals surface area contributed by atoms with E-state index in [1.807, 2.05) is 0 Å². The highest BCUT2D eigenvalue weighted by Gasteiger charge is 2.26. The van der Waals surface area contributed by atoms with E-state index in [4.69, 9.17) is 4.74 Å². The van der Waals surface area contributed by atoms with Crippen LogP contribution in [-0.4, -0.2) is 55.1 Å². The smallest absolute Gasteiger partial charge is 0.266 e. The predicted molar refractivity (Wildman–Crippen MR) is 115 cm³/mol. The number of nitrogens with zero attached hydrogens (tertiary/aromatic N) is 3. The molecule has 0 bridgehead atoms. The van der Waals surface area contributed by atoms with Crippen LogP contribution >= 0.6 is 11.3 Å². The Hall–Kier alpha value is -2.83. The second kappa shape index (κ2) is 8.60. The fraction of sp³-hybridized carbons (Fsp3) is 0.300. The van der Waals surface area contributed by atoms with Gasteiger partial charge in [-0.15, -0.1) is 11.3 Å². The van der Waals surface area contributed by atoms with Crippen molar-refractivity contribution in [2.24, 2.45) is 7.05 Å². The third-order valence-electron chi connectivity index (χ3n) is 4.97. The Kier molecular flexibility index (Phi) is 6.01. The van der Waals surface area contributed by atoms with Gasteiger partial charge in [0, 0.05) is 32.4 Å². The van der Waals surface area contributed by atoms with E-state index in [-0.39, 0.29) is 10.8 Å². The molecule has 1 amide bonds. The lowest BCUT2D eigenvalue weighted by molar-refractivity contribution is 0.0305. The molecule has 1 N–H and O–H groups in total. The van der Waals surface area contributed by atoms with Crippen molar-refractivity contribution in [3.8, 4) is 10.7 Å². The molecule has 1 fully saturated rings. The molecule has 4 rings (SSSR count). The van der Waals surface area contributed by atoms with Crippen molar-refractivity contribution in [1.29, 1.82) is 0 Å². The molecule has 1 saturated heterocycles. The highest BCUT2D eigenvalue weighted by Crippen LogP contribution is 2.32. The Bertz CT molecular complexity index is 1280. The Labute approximate surface area is 187 Å². The van der Waals surface area contributed by atoms with Gasteiger partial charge >= 0.3 is 0 Å². The number of anilines is 1. The van der Waals surface area contributed by atoms with E-state index in [0.29, 0.717) is 47.6 Å². The summed E-state index contributed by atoms with van der Waals surface area (Å²) < 4.78 is 61.7. The van der Waals surface area contributed by atoms with Crippen LogP contribution in [0.1, 0.15) is 15.4 Å². The minimum Gasteiger partial charge on any atom is -0.378 e. The number of hydrogen-bond donors (Lipinski definition) is 1. The lowest BCUT2D eigenvalue weighted by Crippen LogP contribution is -2.40. The molecule has 0 atom stereocenters. The molecule has 32 heavy (non-hydrogen) atoms. The van der Waals surface area contributed by atoms with Gasteiger partial charge in [-0.3, -0.25) is 9.52 Å². The van der Waals surface area contributed by atoms with E-state index in [1.165, 1.54) is 23.6 Å². The summed E-state index contributed by atoms with van der Waals surface area (Å²) in [5.74, 6) is -1.80. The summed E-state index contributed by atoms with van der Waals surface area (Å²) in [6.45, 7) is 3.69. The number of morpholine rings is 1. The normalized spacial score (nSPS) is 14.6. The minimum atomic E-state index is -4.19. The molecule has 3 aromatic rings. The van der Waals surface area contributed by atoms with Gasteiger partial charge in [0.05, 0.1) is 30.3 Å². The third kappa shape index (κ3) is 4.38. The van der Waals surface area contributed by atoms with Crippen LogP contribution in [0.15, 0.2) is 35.4 Å². The number of carbonyl (C=O) groups excluding carboxylic acids is 1. The van der Waals surface area contributed by atoms with Crippen molar-refractivity contribution in [2.75, 3.05) is 31.0 Å². The summed E-state index contributed by atoms with van der Waals surface area (Å²) in [6.07, 6.45) is 1.34. The number of benzene rings is 1. The average Bonchev–Trinajstić information content (AvgIpc) is 3.33. The van der Waals surface area contributed by atoms with Crippen LogP contribution in [0, 0.1) is 18.6 Å². The molecule has 2 aromatic heterocycles. The van der Waals surface area contributed by atoms with Crippen molar-refractivity contribution in [1.82, 2.24) is 14.5 Å². The first-order valence-electron chi connectivity index (χ1n) is 9.65. The van der Waals surface area contributed by atoms with Crippen molar-refractivity contribution in [2.45, 2.75) is 11.8 Å². The first-order valence-corrected chi connectivity index (χ1v) is 11.9. The summed E-state index contributed by atoms with van der Waals surface area (Å²) in [5.41, 5.74) is 0.533. The number of hydrogen-bond acceptors (Lipinski definition) is 6. The second-order valence-electron chi connectivity index (χ2n) is 7.24. The number of carbonyl (C=O) groups is 1. The average molecular weight is 483 g/mol. The first-order chi connectivity index (χ1) is 15.2. The highest BCUT2D eigenvalue weighted by molar-refractivity contribution is 7.92. The Morgan fingerprint density at radius 3 is 2.66 bits per heavy atom. The standard InChI is InChI=1S/C20H20F2N4O4S2/c1-12-18(20(27)26-5-7-30-8-6-26)31-19(23-12)17-10-14(11-25(17)2)32(28,29)24-16-9-13(21)3-4-15(16)22/h3-4,9-11,24H,5-8H2,1-2H3. The minimum absolute atomic E-state index is 0.139. The van der Waals surface area contributed by atoms with E-state index >= 15 is 0 Å². The molecule has 1 aromatic carbocycles. The summed E-state index contributed by atoms with van der Waals surface area (Å²) in [5, 5.41) is 0.472. The second-order valence-corrected chi connectivity index (χ2v) is 9.92. The van der Waals surface area contributed by atoms with Gasteiger partial charge in [0.25, 0.3) is 15.9 Å². The monoisotopic (exact) mass is 482 g/mol. The van der Waals surface area contributed by atoms with Gasteiger partial charge < -0.3 is 14.2 Å². The van der Waals surface area contributed by atoms with Crippen LogP contribution in [0.25, 0.3) is 10.7 Å². The molecule has 0 saturated carbocycles. The molecular formula is C20H20F2N4O4S2. The lowest BCUT2D eigenvalue weighted by atomic mass is 10.3. The maximum Gasteiger partial charge on any atom is 0.266 e. The first kappa shape index (κ1) is 22.4. The summed E-state index contributed by atoms with van der Waals surface area (Å²) >= 11 is 1.17. The number of nitrogens with one attached hydrogen (secondary N) is 1. The number of halogens is 2. The summed E-state index contributed by atoms with van der Waals surface area (Å²) in [6, 6.07) is 3.88. The number of thiazole rings is 1. The van der Waals surface area contributed by atoms with Crippen molar-refractivity contribution < 1.29 is 26.7 Å². The molecular weight excluding hydrogens is 462 g/mol. The van der Waals surface area contributed by atoms with Crippen LogP contribution in [0.2, 0.25) is 0 Å². The van der Waals surface area contributed by atoms with E-state index in [2.05, 4.69) is 9.71 Å². The largest absolute Gasteiger partial charge is 0.378 e. The number of rotatable bonds is 5. The van der Waals surface area contributed by atoms with Gasteiger partial charge in [0.1, 0.15) is 26.4 Å². The topological polar surface area (TPSA) is 93.5 Å². The van der Waals surface area contributed by atoms with Gasteiger partial charge in [0.15, 0.2) is 0 Å². The number of amides is 1.